The average Bonchev–Trinajstić information content (AvgIpc) is 3.61. The zero-order chi connectivity index (χ0) is 29.9. The van der Waals surface area contributed by atoms with Gasteiger partial charge in [0.1, 0.15) is 0 Å². The molecule has 0 aliphatic carbocycles. The predicted octanol–water partition coefficient (Wildman–Crippen LogP) is 11.5. The molecule has 45 heavy (non-hydrogen) atoms. The fraction of sp³-hybridized carbons (Fsp3) is 0.0233. The van der Waals surface area contributed by atoms with Crippen LogP contribution in [0.15, 0.2) is 164 Å². The van der Waals surface area contributed by atoms with Gasteiger partial charge in [0.05, 0.1) is 22.1 Å². The molecule has 0 N–H and O–H groups in total. The molecule has 0 saturated carbocycles. The quantitative estimate of drug-likeness (QED) is 0.198. The van der Waals surface area contributed by atoms with E-state index in [9.17, 15) is 0 Å². The Kier molecular flexibility index (Phi) is 5.76. The minimum Gasteiger partial charge on any atom is -0.309 e. The van der Waals surface area contributed by atoms with Crippen LogP contribution in [0.5, 0.6) is 0 Å². The molecule has 2 heteroatoms. The lowest BCUT2D eigenvalue weighted by atomic mass is 9.96. The molecule has 2 aromatic heterocycles. The lowest BCUT2D eigenvalue weighted by Gasteiger charge is -2.09. The highest BCUT2D eigenvalue weighted by Crippen LogP contribution is 2.41. The average molecular weight is 575 g/mol. The van der Waals surface area contributed by atoms with Crippen molar-refractivity contribution in [2.75, 3.05) is 0 Å². The maximum Gasteiger partial charge on any atom is 0.0547 e. The Morgan fingerprint density at radius 2 is 0.911 bits per heavy atom. The van der Waals surface area contributed by atoms with Crippen molar-refractivity contribution in [1.29, 1.82) is 0 Å². The molecule has 2 heterocycles. The highest BCUT2D eigenvalue weighted by atomic mass is 15.0. The van der Waals surface area contributed by atoms with E-state index < -0.39 is 0 Å². The van der Waals surface area contributed by atoms with Crippen LogP contribution in [0.1, 0.15) is 5.56 Å². The number of fused-ring (bicyclic) bond motifs is 6. The first-order valence-corrected chi connectivity index (χ1v) is 15.5. The first-order valence-electron chi connectivity index (χ1n) is 15.5. The van der Waals surface area contributed by atoms with Crippen LogP contribution >= 0.6 is 0 Å². The van der Waals surface area contributed by atoms with Crippen molar-refractivity contribution in [2.24, 2.45) is 0 Å². The zero-order valence-corrected chi connectivity index (χ0v) is 25.0. The molecule has 9 rings (SSSR count). The fourth-order valence-electron chi connectivity index (χ4n) is 7.17. The number of aryl methyl sites for hydroxylation is 1. The van der Waals surface area contributed by atoms with Gasteiger partial charge in [-0.2, -0.15) is 0 Å². The van der Waals surface area contributed by atoms with Crippen LogP contribution in [-0.2, 0) is 0 Å². The van der Waals surface area contributed by atoms with Gasteiger partial charge in [-0.15, -0.1) is 0 Å². The molecule has 0 saturated heterocycles. The normalized spacial score (nSPS) is 11.7. The van der Waals surface area contributed by atoms with Gasteiger partial charge in [-0.1, -0.05) is 109 Å². The molecule has 0 unspecified atom stereocenters. The maximum atomic E-state index is 2.41. The van der Waals surface area contributed by atoms with E-state index in [4.69, 9.17) is 0 Å². The second-order valence-corrected chi connectivity index (χ2v) is 11.9. The number of aromatic nitrogens is 2. The minimum atomic E-state index is 1.17. The topological polar surface area (TPSA) is 9.86 Å². The van der Waals surface area contributed by atoms with E-state index in [1.165, 1.54) is 82.8 Å². The third-order valence-corrected chi connectivity index (χ3v) is 9.15. The number of benzene rings is 7. The number of hydrogen-bond donors (Lipinski definition) is 0. The summed E-state index contributed by atoms with van der Waals surface area (Å²) < 4.78 is 4.78. The van der Waals surface area contributed by atoms with Gasteiger partial charge in [-0.3, -0.25) is 0 Å². The Hall–Kier alpha value is -5.86. The molecule has 7 aromatic carbocycles. The second-order valence-electron chi connectivity index (χ2n) is 11.9. The highest BCUT2D eigenvalue weighted by Gasteiger charge is 2.18. The summed E-state index contributed by atoms with van der Waals surface area (Å²) in [6.07, 6.45) is 0. The molecule has 0 aliphatic rings. The van der Waals surface area contributed by atoms with Gasteiger partial charge in [0.15, 0.2) is 0 Å². The van der Waals surface area contributed by atoms with Crippen LogP contribution in [0.25, 0.3) is 77.2 Å². The number of para-hydroxylation sites is 3. The van der Waals surface area contributed by atoms with Gasteiger partial charge in [-0.25, -0.2) is 0 Å². The van der Waals surface area contributed by atoms with Crippen LogP contribution in [0.3, 0.4) is 0 Å². The largest absolute Gasteiger partial charge is 0.309 e. The summed E-state index contributed by atoms with van der Waals surface area (Å²) in [5, 5.41) is 5.07. The first kappa shape index (κ1) is 25.6. The van der Waals surface area contributed by atoms with E-state index in [1.807, 2.05) is 0 Å². The van der Waals surface area contributed by atoms with Gasteiger partial charge in [-0.05, 0) is 89.8 Å². The van der Waals surface area contributed by atoms with Crippen molar-refractivity contribution in [1.82, 2.24) is 9.13 Å². The zero-order valence-electron chi connectivity index (χ0n) is 25.0. The highest BCUT2D eigenvalue weighted by molar-refractivity contribution is 6.17. The van der Waals surface area contributed by atoms with Crippen LogP contribution in [0.4, 0.5) is 0 Å². The maximum absolute atomic E-state index is 2.41. The lowest BCUT2D eigenvalue weighted by Crippen LogP contribution is -1.93. The monoisotopic (exact) mass is 574 g/mol. The number of rotatable bonds is 4. The van der Waals surface area contributed by atoms with Gasteiger partial charge in [0, 0.05) is 32.9 Å². The molecule has 0 atom stereocenters. The molecule has 0 radical (unpaired) electrons. The van der Waals surface area contributed by atoms with Crippen molar-refractivity contribution in [3.8, 4) is 33.6 Å². The van der Waals surface area contributed by atoms with E-state index in [0.717, 1.165) is 0 Å². The predicted molar refractivity (Wildman–Crippen MR) is 191 cm³/mol. The molecule has 0 aliphatic heterocycles. The number of hydrogen-bond acceptors (Lipinski definition) is 0. The minimum absolute atomic E-state index is 1.17. The van der Waals surface area contributed by atoms with Crippen molar-refractivity contribution in [3.05, 3.63) is 169 Å². The molecule has 9 aromatic rings. The number of nitrogens with zero attached hydrogens (tertiary/aromatic N) is 2. The first-order chi connectivity index (χ1) is 22.2. The molecular weight excluding hydrogens is 544 g/mol. The Balaban J connectivity index is 1.31. The van der Waals surface area contributed by atoms with Crippen molar-refractivity contribution < 1.29 is 0 Å². The summed E-state index contributed by atoms with van der Waals surface area (Å²) in [6.45, 7) is 2.17. The molecule has 0 bridgehead atoms. The summed E-state index contributed by atoms with van der Waals surface area (Å²) in [5.74, 6) is 0. The smallest absolute Gasteiger partial charge is 0.0547 e. The third-order valence-electron chi connectivity index (χ3n) is 9.15. The lowest BCUT2D eigenvalue weighted by molar-refractivity contribution is 1.18. The van der Waals surface area contributed by atoms with Gasteiger partial charge in [0.2, 0.25) is 0 Å². The van der Waals surface area contributed by atoms with Crippen molar-refractivity contribution in [2.45, 2.75) is 6.92 Å². The summed E-state index contributed by atoms with van der Waals surface area (Å²) >= 11 is 0. The van der Waals surface area contributed by atoms with Gasteiger partial charge in [0.25, 0.3) is 0 Å². The molecule has 0 amide bonds. The summed E-state index contributed by atoms with van der Waals surface area (Å²) in [7, 11) is 0. The van der Waals surface area contributed by atoms with Crippen LogP contribution in [-0.4, -0.2) is 9.13 Å². The third kappa shape index (κ3) is 4.03. The molecule has 212 valence electrons. The van der Waals surface area contributed by atoms with Gasteiger partial charge < -0.3 is 9.13 Å². The molecular formula is C43H30N2. The fourth-order valence-corrected chi connectivity index (χ4v) is 7.17. The van der Waals surface area contributed by atoms with Crippen LogP contribution in [0.2, 0.25) is 0 Å². The Bertz CT molecular complexity index is 2530. The molecule has 0 spiro atoms. The van der Waals surface area contributed by atoms with E-state index >= 15 is 0 Å². The summed E-state index contributed by atoms with van der Waals surface area (Å²) in [5.41, 5.74) is 13.4. The molecule has 2 nitrogen and oxygen atoms in total. The summed E-state index contributed by atoms with van der Waals surface area (Å²) in [4.78, 5) is 0. The standard InChI is InChI=1S/C43H30N2/c1-29-12-10-13-32(26-29)35-19-11-21-42-43(35)38-28-31(23-25-41(38)45(42)34-16-6-3-7-17-34)30-22-24-40-37(27-30)36-18-8-9-20-39(36)44(40)33-14-4-2-5-15-33/h2-28H,1H3. The SMILES string of the molecule is Cc1cccc(-c2cccc3c2c2cc(-c4ccc5c(c4)c4ccccc4n5-c4ccccc4)ccc2n3-c2ccccc2)c1. The Morgan fingerprint density at radius 1 is 0.356 bits per heavy atom. The van der Waals surface area contributed by atoms with E-state index in [2.05, 4.69) is 180 Å². The van der Waals surface area contributed by atoms with E-state index in [-0.39, 0.29) is 0 Å². The summed E-state index contributed by atoms with van der Waals surface area (Å²) in [6, 6.07) is 59.6. The molecule has 0 fully saturated rings. The van der Waals surface area contributed by atoms with E-state index in [1.54, 1.807) is 0 Å². The van der Waals surface area contributed by atoms with E-state index in [0.29, 0.717) is 0 Å². The van der Waals surface area contributed by atoms with Crippen molar-refractivity contribution >= 4 is 43.6 Å². The van der Waals surface area contributed by atoms with Crippen LogP contribution in [0, 0.1) is 6.92 Å². The second kappa shape index (κ2) is 10.1. The Labute approximate surface area is 262 Å². The van der Waals surface area contributed by atoms with Gasteiger partial charge >= 0.3 is 0 Å². The van der Waals surface area contributed by atoms with Crippen LogP contribution < -0.4 is 0 Å². The van der Waals surface area contributed by atoms with Crippen molar-refractivity contribution in [3.63, 3.8) is 0 Å². The Morgan fingerprint density at radius 3 is 1.62 bits per heavy atom.